The molecule has 0 radical (unpaired) electrons. The molecule has 1 aromatic carbocycles. The lowest BCUT2D eigenvalue weighted by Crippen LogP contribution is -2.33. The molecule has 0 amide bonds. The number of thiocarbonyl (C=S) groups is 1. The van der Waals surface area contributed by atoms with Crippen LogP contribution in [0.1, 0.15) is 18.1 Å². The van der Waals surface area contributed by atoms with E-state index < -0.39 is 10.0 Å². The van der Waals surface area contributed by atoms with E-state index in [0.29, 0.717) is 18.7 Å². The van der Waals surface area contributed by atoms with Crippen molar-refractivity contribution in [3.8, 4) is 0 Å². The van der Waals surface area contributed by atoms with Crippen LogP contribution in [0.5, 0.6) is 0 Å². The van der Waals surface area contributed by atoms with Gasteiger partial charge in [-0.05, 0) is 38.2 Å². The van der Waals surface area contributed by atoms with Gasteiger partial charge >= 0.3 is 0 Å². The SMILES string of the molecule is CCN(C)CCNS(=O)(=O)c1ccc(C(N)=S)c(C)c1. The third-order valence-corrected chi connectivity index (χ3v) is 4.78. The molecular weight excluding hydrogens is 294 g/mol. The van der Waals surface area contributed by atoms with Crippen LogP contribution in [0.25, 0.3) is 0 Å². The molecule has 0 aliphatic rings. The minimum absolute atomic E-state index is 0.231. The second-order valence-electron chi connectivity index (χ2n) is 4.63. The van der Waals surface area contributed by atoms with Crippen molar-refractivity contribution in [2.75, 3.05) is 26.7 Å². The lowest BCUT2D eigenvalue weighted by molar-refractivity contribution is 0.358. The molecule has 0 bridgehead atoms. The average Bonchev–Trinajstić information content (AvgIpc) is 2.37. The van der Waals surface area contributed by atoms with Gasteiger partial charge in [0, 0.05) is 18.7 Å². The predicted molar refractivity (Wildman–Crippen MR) is 85.4 cm³/mol. The van der Waals surface area contributed by atoms with Gasteiger partial charge in [0.05, 0.1) is 4.90 Å². The highest BCUT2D eigenvalue weighted by Gasteiger charge is 2.15. The van der Waals surface area contributed by atoms with E-state index in [1.54, 1.807) is 19.1 Å². The number of rotatable bonds is 7. The minimum Gasteiger partial charge on any atom is -0.389 e. The maximum Gasteiger partial charge on any atom is 0.240 e. The maximum atomic E-state index is 12.1. The highest BCUT2D eigenvalue weighted by atomic mass is 32.2. The van der Waals surface area contributed by atoms with Crippen molar-refractivity contribution >= 4 is 27.2 Å². The van der Waals surface area contributed by atoms with Crippen LogP contribution in [0.2, 0.25) is 0 Å². The molecule has 0 saturated heterocycles. The summed E-state index contributed by atoms with van der Waals surface area (Å²) in [6.45, 7) is 5.73. The number of benzene rings is 1. The highest BCUT2D eigenvalue weighted by Crippen LogP contribution is 2.15. The van der Waals surface area contributed by atoms with Crippen LogP contribution in [0.3, 0.4) is 0 Å². The number of aryl methyl sites for hydroxylation is 1. The molecule has 0 spiro atoms. The van der Waals surface area contributed by atoms with E-state index >= 15 is 0 Å². The summed E-state index contributed by atoms with van der Waals surface area (Å²) < 4.78 is 26.9. The zero-order valence-corrected chi connectivity index (χ0v) is 13.6. The van der Waals surface area contributed by atoms with E-state index in [1.807, 2.05) is 18.9 Å². The van der Waals surface area contributed by atoms with Gasteiger partial charge in [0.1, 0.15) is 4.99 Å². The van der Waals surface area contributed by atoms with E-state index in [2.05, 4.69) is 4.72 Å². The summed E-state index contributed by atoms with van der Waals surface area (Å²) in [6, 6.07) is 4.75. The molecule has 0 heterocycles. The molecule has 112 valence electrons. The normalized spacial score (nSPS) is 11.8. The standard InChI is InChI=1S/C13H21N3O2S2/c1-4-16(3)8-7-15-20(17,18)11-5-6-12(13(14)19)10(2)9-11/h5-6,9,15H,4,7-8H2,1-3H3,(H2,14,19). The topological polar surface area (TPSA) is 75.4 Å². The Bertz CT molecular complexity index is 585. The van der Waals surface area contributed by atoms with Crippen LogP contribution >= 0.6 is 12.2 Å². The van der Waals surface area contributed by atoms with E-state index in [1.165, 1.54) is 6.07 Å². The molecule has 1 aromatic rings. The molecule has 7 heteroatoms. The van der Waals surface area contributed by atoms with Gasteiger partial charge in [0.15, 0.2) is 0 Å². The average molecular weight is 315 g/mol. The van der Waals surface area contributed by atoms with Crippen molar-refractivity contribution in [1.29, 1.82) is 0 Å². The molecule has 1 rings (SSSR count). The third-order valence-electron chi connectivity index (χ3n) is 3.10. The molecule has 5 nitrogen and oxygen atoms in total. The van der Waals surface area contributed by atoms with Crippen molar-refractivity contribution in [1.82, 2.24) is 9.62 Å². The second kappa shape index (κ2) is 7.12. The summed E-state index contributed by atoms with van der Waals surface area (Å²) in [7, 11) is -1.55. The van der Waals surface area contributed by atoms with Gasteiger partial charge in [-0.1, -0.05) is 25.2 Å². The lowest BCUT2D eigenvalue weighted by Gasteiger charge is -2.14. The van der Waals surface area contributed by atoms with Crippen LogP contribution in [0.15, 0.2) is 23.1 Å². The number of hydrogen-bond acceptors (Lipinski definition) is 4. The van der Waals surface area contributed by atoms with E-state index in [4.69, 9.17) is 18.0 Å². The van der Waals surface area contributed by atoms with Crippen molar-refractivity contribution in [2.45, 2.75) is 18.7 Å². The van der Waals surface area contributed by atoms with E-state index in [9.17, 15) is 8.42 Å². The van der Waals surface area contributed by atoms with E-state index in [-0.39, 0.29) is 9.88 Å². The summed E-state index contributed by atoms with van der Waals surface area (Å²) in [6.07, 6.45) is 0. The monoisotopic (exact) mass is 315 g/mol. The summed E-state index contributed by atoms with van der Waals surface area (Å²) in [5.41, 5.74) is 7.02. The number of nitrogens with one attached hydrogen (secondary N) is 1. The Morgan fingerprint density at radius 1 is 1.45 bits per heavy atom. The first-order valence-corrected chi connectivity index (χ1v) is 8.25. The van der Waals surface area contributed by atoms with Gasteiger partial charge in [-0.25, -0.2) is 13.1 Å². The molecule has 0 saturated carbocycles. The Morgan fingerprint density at radius 2 is 2.10 bits per heavy atom. The van der Waals surface area contributed by atoms with Crippen LogP contribution in [-0.2, 0) is 10.0 Å². The summed E-state index contributed by atoms with van der Waals surface area (Å²) in [5.74, 6) is 0. The fraction of sp³-hybridized carbons (Fsp3) is 0.462. The molecule has 0 aliphatic heterocycles. The first-order valence-electron chi connectivity index (χ1n) is 6.36. The quantitative estimate of drug-likeness (QED) is 0.730. The van der Waals surface area contributed by atoms with Gasteiger partial charge < -0.3 is 10.6 Å². The molecule has 0 aromatic heterocycles. The zero-order chi connectivity index (χ0) is 15.3. The molecule has 0 aliphatic carbocycles. The first-order chi connectivity index (χ1) is 9.27. The lowest BCUT2D eigenvalue weighted by atomic mass is 10.1. The number of nitrogens with two attached hydrogens (primary N) is 1. The molecule has 3 N–H and O–H groups in total. The van der Waals surface area contributed by atoms with E-state index in [0.717, 1.165) is 12.1 Å². The first kappa shape index (κ1) is 17.0. The largest absolute Gasteiger partial charge is 0.389 e. The fourth-order valence-corrected chi connectivity index (χ4v) is 3.03. The number of nitrogens with zero attached hydrogens (tertiary/aromatic N) is 1. The van der Waals surface area contributed by atoms with Crippen molar-refractivity contribution < 1.29 is 8.42 Å². The van der Waals surface area contributed by atoms with Crippen molar-refractivity contribution in [2.24, 2.45) is 5.73 Å². The van der Waals surface area contributed by atoms with Gasteiger partial charge in [0.25, 0.3) is 0 Å². The smallest absolute Gasteiger partial charge is 0.240 e. The Balaban J connectivity index is 2.83. The Hall–Kier alpha value is -1.02. The van der Waals surface area contributed by atoms with Crippen LogP contribution in [-0.4, -0.2) is 45.0 Å². The molecule has 0 unspecified atom stereocenters. The second-order valence-corrected chi connectivity index (χ2v) is 6.84. The van der Waals surface area contributed by atoms with Gasteiger partial charge in [-0.15, -0.1) is 0 Å². The zero-order valence-electron chi connectivity index (χ0n) is 12.0. The summed E-state index contributed by atoms with van der Waals surface area (Å²) in [4.78, 5) is 2.53. The number of likely N-dealkylation sites (N-methyl/N-ethyl adjacent to an activating group) is 1. The predicted octanol–water partition coefficient (Wildman–Crippen LogP) is 0.859. The molecule has 0 atom stereocenters. The van der Waals surface area contributed by atoms with Gasteiger partial charge in [0.2, 0.25) is 10.0 Å². The highest BCUT2D eigenvalue weighted by molar-refractivity contribution is 7.89. The molecule has 0 fully saturated rings. The molecular formula is C13H21N3O2S2. The summed E-state index contributed by atoms with van der Waals surface area (Å²) in [5, 5.41) is 0. The minimum atomic E-state index is -3.49. The van der Waals surface area contributed by atoms with Gasteiger partial charge in [-0.3, -0.25) is 0 Å². The Morgan fingerprint density at radius 3 is 2.60 bits per heavy atom. The molecule has 20 heavy (non-hydrogen) atoms. The number of sulfonamides is 1. The van der Waals surface area contributed by atoms with Crippen LogP contribution < -0.4 is 10.5 Å². The fourth-order valence-electron chi connectivity index (χ4n) is 1.69. The summed E-state index contributed by atoms with van der Waals surface area (Å²) >= 11 is 4.91. The Labute approximate surface area is 126 Å². The van der Waals surface area contributed by atoms with Crippen molar-refractivity contribution in [3.05, 3.63) is 29.3 Å². The third kappa shape index (κ3) is 4.52. The van der Waals surface area contributed by atoms with Crippen LogP contribution in [0.4, 0.5) is 0 Å². The van der Waals surface area contributed by atoms with Crippen LogP contribution in [0, 0.1) is 6.92 Å². The van der Waals surface area contributed by atoms with Gasteiger partial charge in [-0.2, -0.15) is 0 Å². The Kier molecular flexibility index (Phi) is 6.07. The number of hydrogen-bond donors (Lipinski definition) is 2. The van der Waals surface area contributed by atoms with Crippen molar-refractivity contribution in [3.63, 3.8) is 0 Å². The maximum absolute atomic E-state index is 12.1.